The minimum Gasteiger partial charge on any atom is -0.507 e. The van der Waals surface area contributed by atoms with E-state index in [1.807, 2.05) is 24.3 Å². The molecule has 0 bridgehead atoms. The Hall–Kier alpha value is -2.24. The van der Waals surface area contributed by atoms with Crippen LogP contribution in [-0.2, 0) is 11.3 Å². The molecule has 0 radical (unpaired) electrons. The van der Waals surface area contributed by atoms with Gasteiger partial charge in [0.1, 0.15) is 5.75 Å². The molecule has 0 spiro atoms. The molecule has 0 atom stereocenters. The van der Waals surface area contributed by atoms with Crippen LogP contribution in [0.3, 0.4) is 0 Å². The number of benzene rings is 2. The average molecular weight is 347 g/mol. The van der Waals surface area contributed by atoms with Gasteiger partial charge >= 0.3 is 0 Å². The van der Waals surface area contributed by atoms with Crippen molar-refractivity contribution in [2.75, 3.05) is 31.2 Å². The highest BCUT2D eigenvalue weighted by atomic mass is 35.5. The van der Waals surface area contributed by atoms with Crippen LogP contribution in [0.2, 0.25) is 5.02 Å². The molecule has 5 nitrogen and oxygen atoms in total. The topological polar surface area (TPSA) is 61.8 Å². The Balaban J connectivity index is 1.72. The Bertz CT molecular complexity index is 730. The van der Waals surface area contributed by atoms with Crippen LogP contribution >= 0.6 is 11.6 Å². The lowest BCUT2D eigenvalue weighted by Crippen LogP contribution is -2.37. The predicted molar refractivity (Wildman–Crippen MR) is 93.8 cm³/mol. The zero-order chi connectivity index (χ0) is 16.9. The molecule has 6 heteroatoms. The van der Waals surface area contributed by atoms with Gasteiger partial charge in [0.25, 0.3) is 5.91 Å². The van der Waals surface area contributed by atoms with Gasteiger partial charge in [-0.15, -0.1) is 0 Å². The maximum atomic E-state index is 12.3. The van der Waals surface area contributed by atoms with E-state index >= 15 is 0 Å². The van der Waals surface area contributed by atoms with Crippen LogP contribution in [0.5, 0.6) is 5.75 Å². The number of hydrogen-bond donors (Lipinski definition) is 2. The van der Waals surface area contributed by atoms with E-state index in [0.717, 1.165) is 24.3 Å². The summed E-state index contributed by atoms with van der Waals surface area (Å²) >= 11 is 5.90. The summed E-state index contributed by atoms with van der Waals surface area (Å²) in [6, 6.07) is 12.4. The Morgan fingerprint density at radius 2 is 1.96 bits per heavy atom. The first-order valence-electron chi connectivity index (χ1n) is 7.82. The van der Waals surface area contributed by atoms with Crippen molar-refractivity contribution in [2.24, 2.45) is 0 Å². The van der Waals surface area contributed by atoms with Gasteiger partial charge in [-0.3, -0.25) is 4.79 Å². The van der Waals surface area contributed by atoms with Crippen LogP contribution in [-0.4, -0.2) is 37.3 Å². The number of morpholine rings is 1. The number of carbonyl (C=O) groups excluding carboxylic acids is 1. The molecule has 1 heterocycles. The summed E-state index contributed by atoms with van der Waals surface area (Å²) < 4.78 is 5.39. The molecular formula is C18H19ClN2O3. The van der Waals surface area contributed by atoms with E-state index in [4.69, 9.17) is 16.3 Å². The highest BCUT2D eigenvalue weighted by Gasteiger charge is 2.16. The second-order valence-corrected chi connectivity index (χ2v) is 6.01. The molecule has 2 N–H and O–H groups in total. The largest absolute Gasteiger partial charge is 0.507 e. The van der Waals surface area contributed by atoms with Crippen molar-refractivity contribution >= 4 is 23.2 Å². The number of carbonyl (C=O) groups is 1. The molecule has 1 amide bonds. The van der Waals surface area contributed by atoms with Gasteiger partial charge in [0.05, 0.1) is 18.8 Å². The van der Waals surface area contributed by atoms with Gasteiger partial charge in [-0.2, -0.15) is 0 Å². The SMILES string of the molecule is O=C(NCc1ccccc1N1CCOCC1)c1cc(Cl)ccc1O. The molecule has 0 unspecified atom stereocenters. The Morgan fingerprint density at radius 1 is 1.21 bits per heavy atom. The number of nitrogens with one attached hydrogen (secondary N) is 1. The summed E-state index contributed by atoms with van der Waals surface area (Å²) in [7, 11) is 0. The summed E-state index contributed by atoms with van der Waals surface area (Å²) in [5.74, 6) is -0.440. The summed E-state index contributed by atoms with van der Waals surface area (Å²) in [6.07, 6.45) is 0. The molecular weight excluding hydrogens is 328 g/mol. The molecule has 1 saturated heterocycles. The number of hydrogen-bond acceptors (Lipinski definition) is 4. The third kappa shape index (κ3) is 3.80. The molecule has 0 aromatic heterocycles. The normalized spacial score (nSPS) is 14.5. The minimum absolute atomic E-state index is 0.0848. The fourth-order valence-electron chi connectivity index (χ4n) is 2.73. The van der Waals surface area contributed by atoms with E-state index in [9.17, 15) is 9.90 Å². The molecule has 1 aliphatic rings. The summed E-state index contributed by atoms with van der Waals surface area (Å²) in [6.45, 7) is 3.45. The van der Waals surface area contributed by atoms with Crippen LogP contribution < -0.4 is 10.2 Å². The van der Waals surface area contributed by atoms with Crippen LogP contribution in [0.15, 0.2) is 42.5 Å². The number of ether oxygens (including phenoxy) is 1. The van der Waals surface area contributed by atoms with Crippen molar-refractivity contribution in [3.05, 3.63) is 58.6 Å². The van der Waals surface area contributed by atoms with Crippen molar-refractivity contribution in [3.63, 3.8) is 0 Å². The lowest BCUT2D eigenvalue weighted by molar-refractivity contribution is 0.0948. The zero-order valence-corrected chi connectivity index (χ0v) is 13.9. The van der Waals surface area contributed by atoms with E-state index in [1.54, 1.807) is 6.07 Å². The lowest BCUT2D eigenvalue weighted by Gasteiger charge is -2.30. The molecule has 0 saturated carbocycles. The van der Waals surface area contributed by atoms with Crippen molar-refractivity contribution < 1.29 is 14.6 Å². The molecule has 2 aromatic carbocycles. The van der Waals surface area contributed by atoms with Crippen LogP contribution in [0, 0.1) is 0 Å². The molecule has 1 aliphatic heterocycles. The number of nitrogens with zero attached hydrogens (tertiary/aromatic N) is 1. The fourth-order valence-corrected chi connectivity index (χ4v) is 2.91. The lowest BCUT2D eigenvalue weighted by atomic mass is 10.1. The van der Waals surface area contributed by atoms with E-state index in [-0.39, 0.29) is 17.2 Å². The highest BCUT2D eigenvalue weighted by molar-refractivity contribution is 6.31. The Morgan fingerprint density at radius 3 is 2.75 bits per heavy atom. The van der Waals surface area contributed by atoms with Crippen molar-refractivity contribution in [1.82, 2.24) is 5.32 Å². The number of phenolic OH excluding ortho intramolecular Hbond substituents is 1. The number of amides is 1. The highest BCUT2D eigenvalue weighted by Crippen LogP contribution is 2.23. The first-order chi connectivity index (χ1) is 11.6. The molecule has 2 aromatic rings. The van der Waals surface area contributed by atoms with Crippen LogP contribution in [0.25, 0.3) is 0 Å². The third-order valence-electron chi connectivity index (χ3n) is 3.99. The molecule has 3 rings (SSSR count). The van der Waals surface area contributed by atoms with E-state index < -0.39 is 0 Å². The van der Waals surface area contributed by atoms with E-state index in [2.05, 4.69) is 10.2 Å². The molecule has 1 fully saturated rings. The predicted octanol–water partition coefficient (Wildman–Crippen LogP) is 2.81. The van der Waals surface area contributed by atoms with Crippen molar-refractivity contribution in [2.45, 2.75) is 6.54 Å². The number of anilines is 1. The minimum atomic E-state index is -0.355. The van der Waals surface area contributed by atoms with E-state index in [0.29, 0.717) is 24.8 Å². The van der Waals surface area contributed by atoms with Crippen LogP contribution in [0.1, 0.15) is 15.9 Å². The van der Waals surface area contributed by atoms with Gasteiger partial charge in [-0.25, -0.2) is 0 Å². The van der Waals surface area contributed by atoms with E-state index in [1.165, 1.54) is 12.1 Å². The number of rotatable bonds is 4. The smallest absolute Gasteiger partial charge is 0.255 e. The number of halogens is 1. The molecule has 0 aliphatic carbocycles. The summed E-state index contributed by atoms with van der Waals surface area (Å²) in [4.78, 5) is 14.6. The summed E-state index contributed by atoms with van der Waals surface area (Å²) in [5.41, 5.74) is 2.29. The van der Waals surface area contributed by atoms with Gasteiger partial charge < -0.3 is 20.1 Å². The monoisotopic (exact) mass is 346 g/mol. The summed E-state index contributed by atoms with van der Waals surface area (Å²) in [5, 5.41) is 13.1. The van der Waals surface area contributed by atoms with Crippen molar-refractivity contribution in [3.8, 4) is 5.75 Å². The Labute approximate surface area is 145 Å². The molecule has 24 heavy (non-hydrogen) atoms. The fraction of sp³-hybridized carbons (Fsp3) is 0.278. The number of para-hydroxylation sites is 1. The number of aromatic hydroxyl groups is 1. The third-order valence-corrected chi connectivity index (χ3v) is 4.22. The maximum Gasteiger partial charge on any atom is 0.255 e. The van der Waals surface area contributed by atoms with Crippen molar-refractivity contribution in [1.29, 1.82) is 0 Å². The standard InChI is InChI=1S/C18H19ClN2O3/c19-14-5-6-17(22)15(11-14)18(23)20-12-13-3-1-2-4-16(13)21-7-9-24-10-8-21/h1-6,11,22H,7-10,12H2,(H,20,23). The first kappa shape index (κ1) is 16.6. The van der Waals surface area contributed by atoms with Gasteiger partial charge in [0, 0.05) is 30.3 Å². The molecule has 126 valence electrons. The zero-order valence-electron chi connectivity index (χ0n) is 13.2. The van der Waals surface area contributed by atoms with Gasteiger partial charge in [0.2, 0.25) is 0 Å². The van der Waals surface area contributed by atoms with Gasteiger partial charge in [-0.05, 0) is 29.8 Å². The quantitative estimate of drug-likeness (QED) is 0.893. The second kappa shape index (κ2) is 7.55. The van der Waals surface area contributed by atoms with Gasteiger partial charge in [0.15, 0.2) is 0 Å². The maximum absolute atomic E-state index is 12.3. The van der Waals surface area contributed by atoms with Crippen LogP contribution in [0.4, 0.5) is 5.69 Å². The average Bonchev–Trinajstić information content (AvgIpc) is 2.62. The first-order valence-corrected chi connectivity index (χ1v) is 8.20. The van der Waals surface area contributed by atoms with Gasteiger partial charge in [-0.1, -0.05) is 29.8 Å². The second-order valence-electron chi connectivity index (χ2n) is 5.57. The Kier molecular flexibility index (Phi) is 5.23. The number of phenols is 1.